The zero-order chi connectivity index (χ0) is 36.2. The topological polar surface area (TPSA) is 120 Å². The van der Waals surface area contributed by atoms with Gasteiger partial charge in [-0.25, -0.2) is 0 Å². The van der Waals surface area contributed by atoms with Gasteiger partial charge in [0.1, 0.15) is 5.54 Å². The lowest BCUT2D eigenvalue weighted by Crippen LogP contribution is -2.57. The van der Waals surface area contributed by atoms with Crippen LogP contribution < -0.4 is 15.5 Å². The third-order valence-corrected chi connectivity index (χ3v) is 10.8. The van der Waals surface area contributed by atoms with Gasteiger partial charge in [0.2, 0.25) is 11.8 Å². The predicted molar refractivity (Wildman–Crippen MR) is 199 cm³/mol. The first-order valence-corrected chi connectivity index (χ1v) is 18.1. The van der Waals surface area contributed by atoms with Crippen molar-refractivity contribution in [3.8, 4) is 0 Å². The average molecular weight is 703 g/mol. The number of aliphatic hydroxyl groups excluding tert-OH is 1. The number of carbonyl (C=O) groups excluding carboxylic acids is 3. The summed E-state index contributed by atoms with van der Waals surface area (Å²) in [4.78, 5) is 42.5. The van der Waals surface area contributed by atoms with Gasteiger partial charge in [0.05, 0.1) is 31.9 Å². The third-order valence-electron chi connectivity index (χ3n) is 10.8. The van der Waals surface area contributed by atoms with Gasteiger partial charge in [0, 0.05) is 48.1 Å². The number of anilines is 2. The summed E-state index contributed by atoms with van der Waals surface area (Å²) in [6.07, 6.45) is 0.571. The van der Waals surface area contributed by atoms with Crippen LogP contribution in [0.1, 0.15) is 71.7 Å². The van der Waals surface area contributed by atoms with E-state index in [0.29, 0.717) is 24.5 Å². The summed E-state index contributed by atoms with van der Waals surface area (Å²) in [5.74, 6) is -0.116. The fourth-order valence-electron chi connectivity index (χ4n) is 7.72. The second-order valence-corrected chi connectivity index (χ2v) is 14.2. The number of Topliss-reactive ketones (excluding diaryl/α,β-unsaturated/α-hetero) is 1. The van der Waals surface area contributed by atoms with Gasteiger partial charge < -0.3 is 35.0 Å². The SMILES string of the molecule is CC(=O)c1cccc(NC(=O)Cc2ccc(C3OC(CN4CCC5(CC4)C(=O)NCN5c4ccccc4)C(C)C(c4ccc(CO)cc4)O3)cc2)c1. The molecule has 3 fully saturated rings. The van der Waals surface area contributed by atoms with Crippen molar-refractivity contribution in [1.82, 2.24) is 10.2 Å². The first-order chi connectivity index (χ1) is 25.2. The Labute approximate surface area is 304 Å². The molecule has 3 aliphatic rings. The molecule has 0 aliphatic carbocycles. The van der Waals surface area contributed by atoms with E-state index in [1.165, 1.54) is 6.92 Å². The first kappa shape index (κ1) is 35.5. The standard InChI is InChI=1S/C42H46N4O6/c1-28-37(25-45-21-19-42(20-22-45)41(50)43-27-46(42)36-9-4-3-5-10-36)51-40(52-39(28)32-15-13-31(26-47)14-16-32)33-17-11-30(12-18-33)23-38(49)44-35-8-6-7-34(24-35)29(2)48/h3-18,24,28,37,39-40,47H,19-23,25-27H2,1-2H3,(H,43,50)(H,44,49). The highest BCUT2D eigenvalue weighted by atomic mass is 16.7. The lowest BCUT2D eigenvalue weighted by Gasteiger charge is -2.46. The lowest BCUT2D eigenvalue weighted by molar-refractivity contribution is -0.276. The molecular formula is C42H46N4O6. The molecule has 1 spiro atoms. The Hall–Kier alpha value is -4.87. The van der Waals surface area contributed by atoms with E-state index in [4.69, 9.17) is 9.47 Å². The van der Waals surface area contributed by atoms with Crippen molar-refractivity contribution in [3.63, 3.8) is 0 Å². The van der Waals surface area contributed by atoms with Crippen molar-refractivity contribution < 1.29 is 29.0 Å². The van der Waals surface area contributed by atoms with E-state index in [-0.39, 0.29) is 48.8 Å². The number of nitrogens with zero attached hydrogens (tertiary/aromatic N) is 2. The lowest BCUT2D eigenvalue weighted by atomic mass is 9.84. The van der Waals surface area contributed by atoms with Crippen LogP contribution in [0.25, 0.3) is 0 Å². The summed E-state index contributed by atoms with van der Waals surface area (Å²) in [5.41, 5.74) is 5.17. The van der Waals surface area contributed by atoms with Crippen molar-refractivity contribution in [2.75, 3.05) is 36.5 Å². The van der Waals surface area contributed by atoms with Crippen molar-refractivity contribution >= 4 is 29.0 Å². The molecule has 0 bridgehead atoms. The fourth-order valence-corrected chi connectivity index (χ4v) is 7.72. The molecule has 0 radical (unpaired) electrons. The number of hydrogen-bond donors (Lipinski definition) is 3. The summed E-state index contributed by atoms with van der Waals surface area (Å²) in [6, 6.07) is 32.7. The molecule has 52 heavy (non-hydrogen) atoms. The van der Waals surface area contributed by atoms with Crippen LogP contribution in [0.5, 0.6) is 0 Å². The molecule has 4 atom stereocenters. The molecule has 4 aromatic carbocycles. The molecule has 10 heteroatoms. The average Bonchev–Trinajstić information content (AvgIpc) is 3.48. The highest BCUT2D eigenvalue weighted by Crippen LogP contribution is 2.43. The highest BCUT2D eigenvalue weighted by Gasteiger charge is 2.51. The molecular weight excluding hydrogens is 656 g/mol. The minimum absolute atomic E-state index is 0.0205. The zero-order valence-corrected chi connectivity index (χ0v) is 29.7. The number of amides is 2. The Morgan fingerprint density at radius 2 is 1.58 bits per heavy atom. The van der Waals surface area contributed by atoms with E-state index in [9.17, 15) is 19.5 Å². The number of benzene rings is 4. The first-order valence-electron chi connectivity index (χ1n) is 18.1. The van der Waals surface area contributed by atoms with Crippen LogP contribution in [-0.4, -0.2) is 65.5 Å². The number of nitrogens with one attached hydrogen (secondary N) is 2. The number of aliphatic hydroxyl groups is 1. The van der Waals surface area contributed by atoms with Gasteiger partial charge in [-0.2, -0.15) is 0 Å². The molecule has 0 aromatic heterocycles. The van der Waals surface area contributed by atoms with E-state index in [2.05, 4.69) is 39.5 Å². The van der Waals surface area contributed by atoms with Crippen LogP contribution in [0.2, 0.25) is 0 Å². The Morgan fingerprint density at radius 3 is 2.27 bits per heavy atom. The van der Waals surface area contributed by atoms with E-state index in [0.717, 1.165) is 53.9 Å². The molecule has 270 valence electrons. The number of hydrogen-bond acceptors (Lipinski definition) is 8. The molecule has 2 amide bonds. The van der Waals surface area contributed by atoms with Crippen molar-refractivity contribution in [1.29, 1.82) is 0 Å². The van der Waals surface area contributed by atoms with Crippen LogP contribution in [0.4, 0.5) is 11.4 Å². The minimum atomic E-state index is -0.633. The molecule has 4 unspecified atom stereocenters. The van der Waals surface area contributed by atoms with E-state index >= 15 is 0 Å². The van der Waals surface area contributed by atoms with Crippen LogP contribution in [0.15, 0.2) is 103 Å². The Balaban J connectivity index is 1.05. The van der Waals surface area contributed by atoms with Crippen molar-refractivity contribution in [2.45, 2.75) is 63.8 Å². The molecule has 7 rings (SSSR count). The minimum Gasteiger partial charge on any atom is -0.392 e. The smallest absolute Gasteiger partial charge is 0.247 e. The largest absolute Gasteiger partial charge is 0.392 e. The van der Waals surface area contributed by atoms with E-state index in [1.54, 1.807) is 24.3 Å². The van der Waals surface area contributed by atoms with Crippen LogP contribution in [0.3, 0.4) is 0 Å². The predicted octanol–water partition coefficient (Wildman–Crippen LogP) is 5.78. The van der Waals surface area contributed by atoms with Crippen LogP contribution in [0, 0.1) is 5.92 Å². The summed E-state index contributed by atoms with van der Waals surface area (Å²) >= 11 is 0. The summed E-state index contributed by atoms with van der Waals surface area (Å²) in [6.45, 7) is 6.37. The fraction of sp³-hybridized carbons (Fsp3) is 0.357. The molecule has 3 aliphatic heterocycles. The number of rotatable bonds is 10. The molecule has 0 saturated carbocycles. The van der Waals surface area contributed by atoms with Crippen molar-refractivity contribution in [2.24, 2.45) is 5.92 Å². The molecule has 3 N–H and O–H groups in total. The Morgan fingerprint density at radius 1 is 0.885 bits per heavy atom. The Kier molecular flexibility index (Phi) is 10.5. The number of carbonyl (C=O) groups is 3. The molecule has 10 nitrogen and oxygen atoms in total. The Bertz CT molecular complexity index is 1870. The quantitative estimate of drug-likeness (QED) is 0.178. The number of piperidine rings is 1. The molecule has 3 saturated heterocycles. The second kappa shape index (κ2) is 15.4. The van der Waals surface area contributed by atoms with Gasteiger partial charge in [0.15, 0.2) is 12.1 Å². The normalized spacial score (nSPS) is 23.0. The van der Waals surface area contributed by atoms with E-state index < -0.39 is 11.8 Å². The maximum atomic E-state index is 13.3. The zero-order valence-electron chi connectivity index (χ0n) is 29.7. The maximum absolute atomic E-state index is 13.3. The van der Waals surface area contributed by atoms with Gasteiger partial charge in [0.25, 0.3) is 0 Å². The summed E-state index contributed by atoms with van der Waals surface area (Å²) in [7, 11) is 0. The monoisotopic (exact) mass is 702 g/mol. The van der Waals surface area contributed by atoms with Crippen LogP contribution in [-0.2, 0) is 32.1 Å². The number of para-hydroxylation sites is 1. The highest BCUT2D eigenvalue weighted by molar-refractivity contribution is 5.97. The van der Waals surface area contributed by atoms with Crippen LogP contribution >= 0.6 is 0 Å². The van der Waals surface area contributed by atoms with Gasteiger partial charge in [-0.1, -0.05) is 85.8 Å². The third kappa shape index (κ3) is 7.52. The maximum Gasteiger partial charge on any atom is 0.247 e. The van der Waals surface area contributed by atoms with Gasteiger partial charge in [-0.05, 0) is 60.7 Å². The van der Waals surface area contributed by atoms with Gasteiger partial charge in [-0.15, -0.1) is 0 Å². The molecule has 4 aromatic rings. The van der Waals surface area contributed by atoms with Crippen molar-refractivity contribution in [3.05, 3.63) is 131 Å². The van der Waals surface area contributed by atoms with E-state index in [1.807, 2.05) is 66.7 Å². The number of likely N-dealkylation sites (tertiary alicyclic amines) is 1. The second-order valence-electron chi connectivity index (χ2n) is 14.2. The molecule has 3 heterocycles. The summed E-state index contributed by atoms with van der Waals surface area (Å²) in [5, 5.41) is 15.6. The number of ketones is 1. The van der Waals surface area contributed by atoms with Gasteiger partial charge >= 0.3 is 0 Å². The number of ether oxygens (including phenoxy) is 2. The summed E-state index contributed by atoms with van der Waals surface area (Å²) < 4.78 is 13.4. The van der Waals surface area contributed by atoms with Gasteiger partial charge in [-0.3, -0.25) is 14.4 Å².